The Balaban J connectivity index is 2.20. The van der Waals surface area contributed by atoms with Gasteiger partial charge in [-0.1, -0.05) is 24.1 Å². The highest BCUT2D eigenvalue weighted by atomic mass is 32.2. The molecule has 20 heavy (non-hydrogen) atoms. The van der Waals surface area contributed by atoms with Crippen LogP contribution in [0.3, 0.4) is 0 Å². The first-order valence-electron chi connectivity index (χ1n) is 6.39. The van der Waals surface area contributed by atoms with Crippen LogP contribution >= 0.6 is 0 Å². The van der Waals surface area contributed by atoms with Crippen LogP contribution in [0, 0.1) is 6.92 Å². The average Bonchev–Trinajstić information content (AvgIpc) is 2.41. The normalized spacial score (nSPS) is 20.6. The van der Waals surface area contributed by atoms with Gasteiger partial charge in [0.15, 0.2) is 0 Å². The van der Waals surface area contributed by atoms with Crippen molar-refractivity contribution in [2.45, 2.75) is 32.2 Å². The molecule has 0 saturated carbocycles. The Morgan fingerprint density at radius 2 is 1.95 bits per heavy atom. The molecular weight excluding hydrogens is 282 g/mol. The van der Waals surface area contributed by atoms with Crippen LogP contribution < -0.4 is 9.29 Å². The number of rotatable bonds is 4. The Morgan fingerprint density at radius 3 is 2.55 bits per heavy atom. The maximum atomic E-state index is 12.2. The molecule has 0 radical (unpaired) electrons. The van der Waals surface area contributed by atoms with Gasteiger partial charge in [0.2, 0.25) is 0 Å². The average molecular weight is 298 g/mol. The van der Waals surface area contributed by atoms with E-state index in [1.165, 1.54) is 12.1 Å². The molecule has 1 aliphatic heterocycles. The van der Waals surface area contributed by atoms with Gasteiger partial charge in [-0.2, -0.15) is 12.7 Å². The molecule has 110 valence electrons. The first-order valence-corrected chi connectivity index (χ1v) is 7.75. The van der Waals surface area contributed by atoms with Gasteiger partial charge in [0.05, 0.1) is 12.0 Å². The van der Waals surface area contributed by atoms with Crippen molar-refractivity contribution < 1.29 is 22.5 Å². The monoisotopic (exact) mass is 298 g/mol. The van der Waals surface area contributed by atoms with E-state index in [1.54, 1.807) is 12.1 Å². The molecule has 0 amide bonds. The van der Waals surface area contributed by atoms with Crippen LogP contribution in [0.4, 0.5) is 0 Å². The molecule has 6 nitrogen and oxygen atoms in total. The summed E-state index contributed by atoms with van der Waals surface area (Å²) in [6.07, 6.45) is 1.52. The SMILES string of the molecule is Cc1ccc(OS(=O)(=O)N2CCCC[C@@H]2C(=O)[O-])cc1. The number of nitrogens with zero attached hydrogens (tertiary/aromatic N) is 1. The minimum atomic E-state index is -4.13. The number of hydrogen-bond donors (Lipinski definition) is 0. The van der Waals surface area contributed by atoms with Crippen molar-refractivity contribution in [1.29, 1.82) is 0 Å². The van der Waals surface area contributed by atoms with Crippen molar-refractivity contribution >= 4 is 16.3 Å². The summed E-state index contributed by atoms with van der Waals surface area (Å²) in [5, 5.41) is 11.0. The summed E-state index contributed by atoms with van der Waals surface area (Å²) in [4.78, 5) is 11.0. The van der Waals surface area contributed by atoms with Crippen LogP contribution in [0.5, 0.6) is 5.75 Å². The lowest BCUT2D eigenvalue weighted by Crippen LogP contribution is -2.53. The summed E-state index contributed by atoms with van der Waals surface area (Å²) in [6.45, 7) is 2.00. The summed E-state index contributed by atoms with van der Waals surface area (Å²) < 4.78 is 30.2. The highest BCUT2D eigenvalue weighted by Crippen LogP contribution is 2.23. The number of benzene rings is 1. The molecular formula is C13H16NO5S-. The summed E-state index contributed by atoms with van der Waals surface area (Å²) in [5.74, 6) is -1.22. The van der Waals surface area contributed by atoms with Crippen molar-refractivity contribution in [3.63, 3.8) is 0 Å². The molecule has 0 bridgehead atoms. The summed E-state index contributed by atoms with van der Waals surface area (Å²) >= 11 is 0. The number of carbonyl (C=O) groups excluding carboxylic acids is 1. The maximum absolute atomic E-state index is 12.2. The van der Waals surface area contributed by atoms with Gasteiger partial charge in [-0.3, -0.25) is 0 Å². The van der Waals surface area contributed by atoms with Crippen molar-refractivity contribution in [2.24, 2.45) is 0 Å². The van der Waals surface area contributed by atoms with Crippen LogP contribution in [0.1, 0.15) is 24.8 Å². The second kappa shape index (κ2) is 5.80. The molecule has 0 spiro atoms. The van der Waals surface area contributed by atoms with Crippen molar-refractivity contribution in [3.05, 3.63) is 29.8 Å². The Kier molecular flexibility index (Phi) is 4.29. The van der Waals surface area contributed by atoms with E-state index in [0.717, 1.165) is 9.87 Å². The largest absolute Gasteiger partial charge is 0.548 e. The number of carboxylic acids is 1. The molecule has 0 aromatic heterocycles. The summed E-state index contributed by atoms with van der Waals surface area (Å²) in [7, 11) is -4.13. The Hall–Kier alpha value is -1.60. The van der Waals surface area contributed by atoms with Gasteiger partial charge >= 0.3 is 10.3 Å². The molecule has 1 atom stereocenters. The van der Waals surface area contributed by atoms with Gasteiger partial charge in [0.1, 0.15) is 5.75 Å². The predicted octanol–water partition coefficient (Wildman–Crippen LogP) is 0.223. The second-order valence-electron chi connectivity index (χ2n) is 4.80. The third kappa shape index (κ3) is 3.29. The number of aryl methyl sites for hydroxylation is 1. The van der Waals surface area contributed by atoms with E-state index in [0.29, 0.717) is 12.8 Å². The highest BCUT2D eigenvalue weighted by Gasteiger charge is 2.34. The van der Waals surface area contributed by atoms with E-state index in [1.807, 2.05) is 6.92 Å². The molecule has 0 N–H and O–H groups in total. The molecule has 0 unspecified atom stereocenters. The van der Waals surface area contributed by atoms with Gasteiger partial charge in [-0.25, -0.2) is 0 Å². The molecule has 0 aliphatic carbocycles. The molecule has 1 saturated heterocycles. The smallest absolute Gasteiger partial charge is 0.385 e. The van der Waals surface area contributed by atoms with E-state index in [2.05, 4.69) is 0 Å². The lowest BCUT2D eigenvalue weighted by atomic mass is 10.1. The lowest BCUT2D eigenvalue weighted by Gasteiger charge is -2.34. The molecule has 1 fully saturated rings. The van der Waals surface area contributed by atoms with E-state index < -0.39 is 22.3 Å². The lowest BCUT2D eigenvalue weighted by molar-refractivity contribution is -0.311. The molecule has 1 aliphatic rings. The van der Waals surface area contributed by atoms with E-state index in [9.17, 15) is 18.3 Å². The second-order valence-corrected chi connectivity index (χ2v) is 6.29. The van der Waals surface area contributed by atoms with Gasteiger partial charge in [-0.05, 0) is 31.9 Å². The van der Waals surface area contributed by atoms with Crippen molar-refractivity contribution in [1.82, 2.24) is 4.31 Å². The van der Waals surface area contributed by atoms with Crippen LogP contribution in [0.15, 0.2) is 24.3 Å². The number of carboxylic acid groups (broad SMARTS) is 1. The van der Waals surface area contributed by atoms with Gasteiger partial charge in [0, 0.05) is 6.54 Å². The molecule has 1 heterocycles. The first kappa shape index (κ1) is 14.8. The fourth-order valence-corrected chi connectivity index (χ4v) is 3.48. The number of hydrogen-bond acceptors (Lipinski definition) is 5. The molecule has 1 aromatic rings. The first-order chi connectivity index (χ1) is 9.40. The quantitative estimate of drug-likeness (QED) is 0.794. The van der Waals surface area contributed by atoms with E-state index in [-0.39, 0.29) is 18.7 Å². The Morgan fingerprint density at radius 1 is 1.30 bits per heavy atom. The highest BCUT2D eigenvalue weighted by molar-refractivity contribution is 7.84. The zero-order valence-corrected chi connectivity index (χ0v) is 11.9. The van der Waals surface area contributed by atoms with Crippen molar-refractivity contribution in [2.75, 3.05) is 6.54 Å². The third-order valence-corrected chi connectivity index (χ3v) is 4.65. The number of carbonyl (C=O) groups is 1. The van der Waals surface area contributed by atoms with Crippen LogP contribution in [0.2, 0.25) is 0 Å². The van der Waals surface area contributed by atoms with Gasteiger partial charge < -0.3 is 14.1 Å². The van der Waals surface area contributed by atoms with E-state index >= 15 is 0 Å². The van der Waals surface area contributed by atoms with Gasteiger partial charge in [0.25, 0.3) is 0 Å². The summed E-state index contributed by atoms with van der Waals surface area (Å²) in [5.41, 5.74) is 0.973. The third-order valence-electron chi connectivity index (χ3n) is 3.24. The van der Waals surface area contributed by atoms with Crippen molar-refractivity contribution in [3.8, 4) is 5.75 Å². The van der Waals surface area contributed by atoms with E-state index in [4.69, 9.17) is 4.18 Å². The molecule has 7 heteroatoms. The van der Waals surface area contributed by atoms with Crippen LogP contribution in [0.25, 0.3) is 0 Å². The number of aliphatic carboxylic acids is 1. The summed E-state index contributed by atoms with van der Waals surface area (Å²) in [6, 6.07) is 5.35. The zero-order valence-electron chi connectivity index (χ0n) is 11.1. The fraction of sp³-hybridized carbons (Fsp3) is 0.462. The minimum Gasteiger partial charge on any atom is -0.548 e. The Bertz CT molecular complexity index is 581. The number of piperidine rings is 1. The molecule has 2 rings (SSSR count). The van der Waals surface area contributed by atoms with Crippen LogP contribution in [-0.4, -0.2) is 31.3 Å². The minimum absolute atomic E-state index is 0.132. The topological polar surface area (TPSA) is 86.7 Å². The van der Waals surface area contributed by atoms with Gasteiger partial charge in [-0.15, -0.1) is 0 Å². The van der Waals surface area contributed by atoms with Crippen LogP contribution in [-0.2, 0) is 15.1 Å². The predicted molar refractivity (Wildman–Crippen MR) is 70.1 cm³/mol. The Labute approximate surface area is 118 Å². The molecule has 1 aromatic carbocycles. The standard InChI is InChI=1S/C13H17NO5S/c1-10-5-7-11(8-6-10)19-20(17,18)14-9-3-2-4-12(14)13(15)16/h5-8,12H,2-4,9H2,1H3,(H,15,16)/p-1/t12-/m1/s1. The zero-order chi connectivity index (χ0) is 14.8. The fourth-order valence-electron chi connectivity index (χ4n) is 2.17. The maximum Gasteiger partial charge on any atom is 0.385 e.